The van der Waals surface area contributed by atoms with Crippen molar-refractivity contribution in [1.82, 2.24) is 14.9 Å². The Hall–Kier alpha value is -2.70. The lowest BCUT2D eigenvalue weighted by molar-refractivity contribution is 0.0480. The number of H-pyrrole nitrogens is 1. The van der Waals surface area contributed by atoms with Crippen LogP contribution >= 0.6 is 11.6 Å². The van der Waals surface area contributed by atoms with Crippen molar-refractivity contribution >= 4 is 28.5 Å². The van der Waals surface area contributed by atoms with E-state index in [1.807, 2.05) is 0 Å². The molecule has 0 radical (unpaired) electrons. The standard InChI is InChI=1S/C20H18ClN3O3/c21-13-6-3-5-12(11-13)18(25)16-9-4-10-24(16)20(27)17-19(26)23-15-8-2-1-7-14(15)22-17/h1-3,5-8,11,16,18,25H,4,9-10H2,(H,23,26)/t16?,18-/m1/s1. The summed E-state index contributed by atoms with van der Waals surface area (Å²) in [6.07, 6.45) is 0.513. The Kier molecular flexibility index (Phi) is 4.68. The predicted molar refractivity (Wildman–Crippen MR) is 103 cm³/mol. The molecule has 1 unspecified atom stereocenters. The van der Waals surface area contributed by atoms with Gasteiger partial charge >= 0.3 is 0 Å². The number of aliphatic hydroxyl groups excluding tert-OH is 1. The van der Waals surface area contributed by atoms with Crippen LogP contribution in [0.15, 0.2) is 53.3 Å². The largest absolute Gasteiger partial charge is 0.386 e. The molecule has 7 heteroatoms. The molecule has 1 fully saturated rings. The van der Waals surface area contributed by atoms with Crippen molar-refractivity contribution in [2.24, 2.45) is 0 Å². The summed E-state index contributed by atoms with van der Waals surface area (Å²) in [5.74, 6) is -0.467. The quantitative estimate of drug-likeness (QED) is 0.728. The van der Waals surface area contributed by atoms with Crippen LogP contribution in [0.4, 0.5) is 0 Å². The molecule has 2 atom stereocenters. The molecule has 0 spiro atoms. The Morgan fingerprint density at radius 1 is 1.26 bits per heavy atom. The fourth-order valence-electron chi connectivity index (χ4n) is 3.60. The normalized spacial score (nSPS) is 18.0. The van der Waals surface area contributed by atoms with Gasteiger partial charge in [-0.15, -0.1) is 0 Å². The zero-order valence-electron chi connectivity index (χ0n) is 14.4. The van der Waals surface area contributed by atoms with Gasteiger partial charge in [0.2, 0.25) is 0 Å². The first-order valence-electron chi connectivity index (χ1n) is 8.78. The molecule has 138 valence electrons. The molecule has 1 amide bonds. The van der Waals surface area contributed by atoms with Gasteiger partial charge in [0.05, 0.1) is 23.2 Å². The Morgan fingerprint density at radius 2 is 2.07 bits per heavy atom. The molecule has 6 nitrogen and oxygen atoms in total. The van der Waals surface area contributed by atoms with Crippen molar-refractivity contribution < 1.29 is 9.90 Å². The van der Waals surface area contributed by atoms with Crippen molar-refractivity contribution in [2.45, 2.75) is 25.0 Å². The second kappa shape index (κ2) is 7.13. The number of likely N-dealkylation sites (tertiary alicyclic amines) is 1. The van der Waals surface area contributed by atoms with Gasteiger partial charge in [0.25, 0.3) is 11.5 Å². The highest BCUT2D eigenvalue weighted by molar-refractivity contribution is 6.30. The molecule has 1 aromatic heterocycles. The Morgan fingerprint density at radius 3 is 2.89 bits per heavy atom. The van der Waals surface area contributed by atoms with Crippen LogP contribution in [0.25, 0.3) is 11.0 Å². The third kappa shape index (κ3) is 3.34. The first kappa shape index (κ1) is 17.7. The summed E-state index contributed by atoms with van der Waals surface area (Å²) in [6.45, 7) is 0.467. The number of nitrogens with zero attached hydrogens (tertiary/aromatic N) is 2. The maximum absolute atomic E-state index is 13.0. The minimum absolute atomic E-state index is 0.154. The van der Waals surface area contributed by atoms with E-state index in [-0.39, 0.29) is 5.69 Å². The Bertz CT molecular complexity index is 1070. The third-order valence-corrected chi connectivity index (χ3v) is 5.15. The average Bonchev–Trinajstić information content (AvgIpc) is 3.16. The molecule has 1 aliphatic rings. The lowest BCUT2D eigenvalue weighted by Gasteiger charge is -2.28. The predicted octanol–water partition coefficient (Wildman–Crippen LogP) is 2.91. The van der Waals surface area contributed by atoms with Crippen molar-refractivity contribution in [3.8, 4) is 0 Å². The number of nitrogens with one attached hydrogen (secondary N) is 1. The third-order valence-electron chi connectivity index (χ3n) is 4.92. The number of fused-ring (bicyclic) bond motifs is 1. The van der Waals surface area contributed by atoms with E-state index in [0.717, 1.165) is 6.42 Å². The van der Waals surface area contributed by atoms with Crippen LogP contribution in [0.2, 0.25) is 5.02 Å². The van der Waals surface area contributed by atoms with Crippen molar-refractivity contribution in [1.29, 1.82) is 0 Å². The summed E-state index contributed by atoms with van der Waals surface area (Å²) in [6, 6.07) is 13.6. The summed E-state index contributed by atoms with van der Waals surface area (Å²) < 4.78 is 0. The number of carbonyl (C=O) groups excluding carboxylic acids is 1. The van der Waals surface area contributed by atoms with E-state index < -0.39 is 23.6 Å². The second-order valence-electron chi connectivity index (χ2n) is 6.64. The molecule has 0 aliphatic carbocycles. The molecular formula is C20H18ClN3O3. The van der Waals surface area contributed by atoms with Crippen LogP contribution < -0.4 is 5.56 Å². The Balaban J connectivity index is 1.67. The zero-order valence-corrected chi connectivity index (χ0v) is 15.2. The van der Waals surface area contributed by atoms with E-state index in [2.05, 4.69) is 9.97 Å². The molecule has 0 bridgehead atoms. The summed E-state index contributed by atoms with van der Waals surface area (Å²) in [5, 5.41) is 11.3. The van der Waals surface area contributed by atoms with Crippen LogP contribution in [-0.4, -0.2) is 38.5 Å². The van der Waals surface area contributed by atoms with Crippen molar-refractivity contribution in [3.63, 3.8) is 0 Å². The number of benzene rings is 2. The first-order valence-corrected chi connectivity index (χ1v) is 9.16. The van der Waals surface area contributed by atoms with E-state index in [1.54, 1.807) is 48.5 Å². The number of rotatable bonds is 3. The summed E-state index contributed by atoms with van der Waals surface area (Å²) in [4.78, 5) is 33.9. The fourth-order valence-corrected chi connectivity index (χ4v) is 3.79. The smallest absolute Gasteiger partial charge is 0.280 e. The summed E-state index contributed by atoms with van der Waals surface area (Å²) in [5.41, 5.74) is 1.09. The van der Waals surface area contributed by atoms with Crippen molar-refractivity contribution in [3.05, 3.63) is 75.2 Å². The topological polar surface area (TPSA) is 86.3 Å². The van der Waals surface area contributed by atoms with Gasteiger partial charge in [0, 0.05) is 11.6 Å². The van der Waals surface area contributed by atoms with E-state index in [4.69, 9.17) is 11.6 Å². The minimum Gasteiger partial charge on any atom is -0.386 e. The zero-order chi connectivity index (χ0) is 19.0. The summed E-state index contributed by atoms with van der Waals surface area (Å²) in [7, 11) is 0. The fraction of sp³-hybridized carbons (Fsp3) is 0.250. The molecule has 2 heterocycles. The molecule has 1 saturated heterocycles. The van der Waals surface area contributed by atoms with Crippen LogP contribution in [-0.2, 0) is 0 Å². The Labute approximate surface area is 160 Å². The highest BCUT2D eigenvalue weighted by atomic mass is 35.5. The number of para-hydroxylation sites is 2. The van der Waals surface area contributed by atoms with E-state index in [0.29, 0.717) is 34.6 Å². The number of carbonyl (C=O) groups is 1. The summed E-state index contributed by atoms with van der Waals surface area (Å²) >= 11 is 6.02. The van der Waals surface area contributed by atoms with Gasteiger partial charge < -0.3 is 15.0 Å². The van der Waals surface area contributed by atoms with Crippen LogP contribution in [0, 0.1) is 0 Å². The van der Waals surface area contributed by atoms with Gasteiger partial charge in [-0.3, -0.25) is 9.59 Å². The molecule has 1 aliphatic heterocycles. The van der Waals surface area contributed by atoms with E-state index >= 15 is 0 Å². The molecule has 27 heavy (non-hydrogen) atoms. The number of amides is 1. The molecule has 3 aromatic rings. The number of aliphatic hydroxyl groups is 1. The van der Waals surface area contributed by atoms with E-state index in [9.17, 15) is 14.7 Å². The van der Waals surface area contributed by atoms with Gasteiger partial charge in [-0.1, -0.05) is 35.9 Å². The van der Waals surface area contributed by atoms with Gasteiger partial charge in [-0.05, 0) is 42.7 Å². The number of aromatic amines is 1. The number of halogens is 1. The van der Waals surface area contributed by atoms with Gasteiger partial charge in [0.1, 0.15) is 0 Å². The van der Waals surface area contributed by atoms with Crippen molar-refractivity contribution in [2.75, 3.05) is 6.54 Å². The first-order chi connectivity index (χ1) is 13.0. The van der Waals surface area contributed by atoms with Crippen LogP contribution in [0.5, 0.6) is 0 Å². The molecule has 0 saturated carbocycles. The lowest BCUT2D eigenvalue weighted by Crippen LogP contribution is -2.42. The maximum Gasteiger partial charge on any atom is 0.280 e. The SMILES string of the molecule is O=C(c1nc2ccccc2[nH]c1=O)N1CCCC1[C@H](O)c1cccc(Cl)c1. The number of aromatic nitrogens is 2. The highest BCUT2D eigenvalue weighted by Gasteiger charge is 2.36. The van der Waals surface area contributed by atoms with Gasteiger partial charge in [-0.25, -0.2) is 4.98 Å². The lowest BCUT2D eigenvalue weighted by atomic mass is 10.00. The van der Waals surface area contributed by atoms with Crippen LogP contribution in [0.3, 0.4) is 0 Å². The van der Waals surface area contributed by atoms with Gasteiger partial charge in [-0.2, -0.15) is 0 Å². The minimum atomic E-state index is -0.880. The molecule has 2 N–H and O–H groups in total. The molecule has 2 aromatic carbocycles. The molecule has 4 rings (SSSR count). The maximum atomic E-state index is 13.0. The highest BCUT2D eigenvalue weighted by Crippen LogP contribution is 2.31. The number of hydrogen-bond acceptors (Lipinski definition) is 4. The van der Waals surface area contributed by atoms with Gasteiger partial charge in [0.15, 0.2) is 5.69 Å². The monoisotopic (exact) mass is 383 g/mol. The van der Waals surface area contributed by atoms with Crippen LogP contribution in [0.1, 0.15) is 35.0 Å². The molecular weight excluding hydrogens is 366 g/mol. The average molecular weight is 384 g/mol. The van der Waals surface area contributed by atoms with E-state index in [1.165, 1.54) is 4.90 Å². The number of hydrogen-bond donors (Lipinski definition) is 2. The second-order valence-corrected chi connectivity index (χ2v) is 7.08.